The predicted molar refractivity (Wildman–Crippen MR) is 80.4 cm³/mol. The van der Waals surface area contributed by atoms with Gasteiger partial charge in [-0.05, 0) is 6.42 Å². The molecule has 3 heteroatoms. The van der Waals surface area contributed by atoms with E-state index in [0.29, 0.717) is 17.5 Å². The maximum absolute atomic E-state index is 11.9. The summed E-state index contributed by atoms with van der Waals surface area (Å²) in [6, 6.07) is 17.4. The molecule has 2 rings (SSSR count). The van der Waals surface area contributed by atoms with Crippen molar-refractivity contribution in [3.8, 4) is 0 Å². The van der Waals surface area contributed by atoms with E-state index >= 15 is 0 Å². The second-order valence-electron chi connectivity index (χ2n) is 4.76. The largest absolute Gasteiger partial charge is 0.294 e. The normalized spacial score (nSPS) is 10.1. The SMILES string of the molecule is O=C(CCCC(=O)c1ccccc1)C(=O)c1ccccc1. The molecular formula is C18H16O3. The second-order valence-corrected chi connectivity index (χ2v) is 4.76. The molecule has 3 nitrogen and oxygen atoms in total. The topological polar surface area (TPSA) is 51.2 Å². The average Bonchev–Trinajstić information content (AvgIpc) is 2.55. The van der Waals surface area contributed by atoms with Gasteiger partial charge < -0.3 is 0 Å². The molecule has 0 bridgehead atoms. The number of carbonyl (C=O) groups is 3. The van der Waals surface area contributed by atoms with Crippen LogP contribution in [0.4, 0.5) is 0 Å². The molecule has 0 N–H and O–H groups in total. The number of hydrogen-bond donors (Lipinski definition) is 0. The fraction of sp³-hybridized carbons (Fsp3) is 0.167. The van der Waals surface area contributed by atoms with Crippen LogP contribution in [0.3, 0.4) is 0 Å². The van der Waals surface area contributed by atoms with Crippen LogP contribution >= 0.6 is 0 Å². The summed E-state index contributed by atoms with van der Waals surface area (Å²) in [5.74, 6) is -0.930. The van der Waals surface area contributed by atoms with Gasteiger partial charge in [-0.15, -0.1) is 0 Å². The van der Waals surface area contributed by atoms with Crippen LogP contribution in [0.5, 0.6) is 0 Å². The smallest absolute Gasteiger partial charge is 0.228 e. The first-order valence-electron chi connectivity index (χ1n) is 6.89. The molecule has 0 aliphatic heterocycles. The Labute approximate surface area is 123 Å². The van der Waals surface area contributed by atoms with E-state index in [-0.39, 0.29) is 18.6 Å². The molecule has 2 aromatic carbocycles. The van der Waals surface area contributed by atoms with Crippen molar-refractivity contribution in [1.82, 2.24) is 0 Å². The molecule has 0 fully saturated rings. The van der Waals surface area contributed by atoms with Gasteiger partial charge in [-0.1, -0.05) is 60.7 Å². The number of benzene rings is 2. The van der Waals surface area contributed by atoms with Crippen molar-refractivity contribution in [2.75, 3.05) is 0 Å². The molecule has 106 valence electrons. The quantitative estimate of drug-likeness (QED) is 0.576. The molecule has 0 unspecified atom stereocenters. The highest BCUT2D eigenvalue weighted by molar-refractivity contribution is 6.43. The van der Waals surface area contributed by atoms with Crippen LogP contribution in [0.1, 0.15) is 40.0 Å². The Kier molecular flexibility index (Phi) is 5.16. The Morgan fingerprint density at radius 1 is 0.667 bits per heavy atom. The van der Waals surface area contributed by atoms with Gasteiger partial charge in [0, 0.05) is 24.0 Å². The van der Waals surface area contributed by atoms with Gasteiger partial charge in [-0.25, -0.2) is 0 Å². The monoisotopic (exact) mass is 280 g/mol. The summed E-state index contributed by atoms with van der Waals surface area (Å²) in [7, 11) is 0. The maximum atomic E-state index is 11.9. The summed E-state index contributed by atoms with van der Waals surface area (Å²) in [6.07, 6.45) is 0.773. The van der Waals surface area contributed by atoms with Gasteiger partial charge >= 0.3 is 0 Å². The Bertz CT molecular complexity index is 630. The van der Waals surface area contributed by atoms with Crippen molar-refractivity contribution in [2.24, 2.45) is 0 Å². The zero-order valence-corrected chi connectivity index (χ0v) is 11.6. The lowest BCUT2D eigenvalue weighted by atomic mass is 10.0. The van der Waals surface area contributed by atoms with Gasteiger partial charge in [-0.3, -0.25) is 14.4 Å². The van der Waals surface area contributed by atoms with Gasteiger partial charge in [0.25, 0.3) is 0 Å². The van der Waals surface area contributed by atoms with Gasteiger partial charge in [0.2, 0.25) is 11.6 Å². The molecule has 0 heterocycles. The number of Topliss-reactive ketones (excluding diaryl/α,β-unsaturated/α-hetero) is 3. The molecule has 21 heavy (non-hydrogen) atoms. The molecule has 0 atom stereocenters. The Hall–Kier alpha value is -2.55. The van der Waals surface area contributed by atoms with Gasteiger partial charge in [0.15, 0.2) is 5.78 Å². The van der Waals surface area contributed by atoms with E-state index in [9.17, 15) is 14.4 Å². The number of hydrogen-bond acceptors (Lipinski definition) is 3. The summed E-state index contributed by atoms with van der Waals surface area (Å²) < 4.78 is 0. The van der Waals surface area contributed by atoms with Gasteiger partial charge in [-0.2, -0.15) is 0 Å². The molecule has 0 spiro atoms. The summed E-state index contributed by atoms with van der Waals surface area (Å²) in [5.41, 5.74) is 1.04. The first kappa shape index (κ1) is 14.9. The first-order valence-corrected chi connectivity index (χ1v) is 6.89. The van der Waals surface area contributed by atoms with Crippen molar-refractivity contribution in [2.45, 2.75) is 19.3 Å². The lowest BCUT2D eigenvalue weighted by Gasteiger charge is -2.01. The van der Waals surface area contributed by atoms with E-state index in [1.54, 1.807) is 54.6 Å². The van der Waals surface area contributed by atoms with Crippen molar-refractivity contribution < 1.29 is 14.4 Å². The van der Waals surface area contributed by atoms with Gasteiger partial charge in [0.1, 0.15) is 0 Å². The minimum atomic E-state index is -0.484. The van der Waals surface area contributed by atoms with E-state index in [2.05, 4.69) is 0 Å². The van der Waals surface area contributed by atoms with Crippen LogP contribution in [0.25, 0.3) is 0 Å². The van der Waals surface area contributed by atoms with Crippen LogP contribution < -0.4 is 0 Å². The molecule has 0 amide bonds. The number of rotatable bonds is 7. The van der Waals surface area contributed by atoms with Gasteiger partial charge in [0.05, 0.1) is 0 Å². The minimum Gasteiger partial charge on any atom is -0.294 e. The van der Waals surface area contributed by atoms with E-state index in [1.165, 1.54) is 0 Å². The standard InChI is InChI=1S/C18H16O3/c19-16(14-8-3-1-4-9-14)12-7-13-17(20)18(21)15-10-5-2-6-11-15/h1-6,8-11H,7,12-13H2. The number of ketones is 3. The van der Waals surface area contributed by atoms with Crippen LogP contribution in [0.2, 0.25) is 0 Å². The minimum absolute atomic E-state index is 0.00411. The van der Waals surface area contributed by atoms with Crippen molar-refractivity contribution in [1.29, 1.82) is 0 Å². The number of carbonyl (C=O) groups excluding carboxylic acids is 3. The Balaban J connectivity index is 1.82. The zero-order chi connectivity index (χ0) is 15.1. The molecule has 0 aliphatic carbocycles. The van der Waals surface area contributed by atoms with Crippen molar-refractivity contribution in [3.05, 3.63) is 71.8 Å². The fourth-order valence-electron chi connectivity index (χ4n) is 2.04. The third-order valence-electron chi connectivity index (χ3n) is 3.19. The van der Waals surface area contributed by atoms with E-state index in [4.69, 9.17) is 0 Å². The zero-order valence-electron chi connectivity index (χ0n) is 11.6. The summed E-state index contributed by atoms with van der Waals surface area (Å²) in [4.78, 5) is 35.5. The van der Waals surface area contributed by atoms with Crippen molar-refractivity contribution >= 4 is 17.3 Å². The second kappa shape index (κ2) is 7.29. The summed E-state index contributed by atoms with van der Waals surface area (Å²) in [6.45, 7) is 0. The Morgan fingerprint density at radius 3 is 1.76 bits per heavy atom. The summed E-state index contributed by atoms with van der Waals surface area (Å²) in [5, 5.41) is 0. The van der Waals surface area contributed by atoms with Crippen molar-refractivity contribution in [3.63, 3.8) is 0 Å². The van der Waals surface area contributed by atoms with Crippen LogP contribution in [0, 0.1) is 0 Å². The highest BCUT2D eigenvalue weighted by Gasteiger charge is 2.16. The maximum Gasteiger partial charge on any atom is 0.228 e. The summed E-state index contributed by atoms with van der Waals surface area (Å²) >= 11 is 0. The molecule has 0 saturated carbocycles. The highest BCUT2D eigenvalue weighted by atomic mass is 16.2. The fourth-order valence-corrected chi connectivity index (χ4v) is 2.04. The molecule has 0 aliphatic rings. The molecular weight excluding hydrogens is 264 g/mol. The third kappa shape index (κ3) is 4.21. The molecule has 0 saturated heterocycles. The lowest BCUT2D eigenvalue weighted by molar-refractivity contribution is -0.115. The van der Waals surface area contributed by atoms with Crippen LogP contribution in [0.15, 0.2) is 60.7 Å². The highest BCUT2D eigenvalue weighted by Crippen LogP contribution is 2.09. The van der Waals surface area contributed by atoms with Crippen LogP contribution in [-0.2, 0) is 4.79 Å². The van der Waals surface area contributed by atoms with E-state index < -0.39 is 11.6 Å². The van der Waals surface area contributed by atoms with E-state index in [1.807, 2.05) is 6.07 Å². The Morgan fingerprint density at radius 2 is 1.19 bits per heavy atom. The third-order valence-corrected chi connectivity index (χ3v) is 3.19. The first-order chi connectivity index (χ1) is 10.2. The molecule has 0 aromatic heterocycles. The molecule has 2 aromatic rings. The van der Waals surface area contributed by atoms with Crippen LogP contribution in [-0.4, -0.2) is 17.3 Å². The van der Waals surface area contributed by atoms with E-state index in [0.717, 1.165) is 0 Å². The predicted octanol–water partition coefficient (Wildman–Crippen LogP) is 3.49. The average molecular weight is 280 g/mol. The lowest BCUT2D eigenvalue weighted by Crippen LogP contribution is -2.14. The molecule has 0 radical (unpaired) electrons.